The zero-order valence-corrected chi connectivity index (χ0v) is 20.9. The summed E-state index contributed by atoms with van der Waals surface area (Å²) < 4.78 is 7.28. The van der Waals surface area contributed by atoms with Crippen LogP contribution < -0.4 is 21.2 Å². The molecule has 0 aliphatic carbocycles. The molecule has 0 saturated carbocycles. The average Bonchev–Trinajstić information content (AvgIpc) is 2.81. The van der Waals surface area contributed by atoms with Gasteiger partial charge in [-0.25, -0.2) is 0 Å². The predicted octanol–water partition coefficient (Wildman–Crippen LogP) is 4.34. The Bertz CT molecular complexity index is 983. The molecule has 0 unspecified atom stereocenters. The van der Waals surface area contributed by atoms with E-state index in [1.54, 1.807) is 0 Å². The van der Waals surface area contributed by atoms with Gasteiger partial charge in [-0.1, -0.05) is 0 Å². The van der Waals surface area contributed by atoms with Gasteiger partial charge in [0, 0.05) is 0 Å². The van der Waals surface area contributed by atoms with E-state index in [0.717, 1.165) is 0 Å². The summed E-state index contributed by atoms with van der Waals surface area (Å²) in [6.07, 6.45) is 0. The van der Waals surface area contributed by atoms with Crippen LogP contribution in [0.1, 0.15) is 0 Å². The zero-order valence-electron chi connectivity index (χ0n) is 15.7. The molecule has 29 heavy (non-hydrogen) atoms. The third-order valence-electron chi connectivity index (χ3n) is 4.61. The average molecular weight is 544 g/mol. The predicted molar refractivity (Wildman–Crippen MR) is 131 cm³/mol. The molecule has 0 heterocycles. The third-order valence-corrected chi connectivity index (χ3v) is 18.2. The van der Waals surface area contributed by atoms with Crippen LogP contribution in [0.15, 0.2) is 121 Å². The molecule has 1 nitrogen and oxygen atoms in total. The SMILES string of the molecule is [Se]=P(OP(=[Se])(c1ccccc1)c1ccccc1)(c1ccccc1)c1ccccc1. The number of hydrogen-bond acceptors (Lipinski definition) is 1. The summed E-state index contributed by atoms with van der Waals surface area (Å²) in [5.41, 5.74) is -4.47. The summed E-state index contributed by atoms with van der Waals surface area (Å²) in [6, 6.07) is 42.2. The zero-order chi connectivity index (χ0) is 20.2. The van der Waals surface area contributed by atoms with E-state index < -0.39 is 11.5 Å². The molecule has 0 bridgehead atoms. The summed E-state index contributed by atoms with van der Waals surface area (Å²) in [5.74, 6) is 0. The fourth-order valence-corrected chi connectivity index (χ4v) is 17.6. The molecule has 5 heteroatoms. The molecule has 0 amide bonds. The van der Waals surface area contributed by atoms with Gasteiger partial charge in [-0.15, -0.1) is 0 Å². The molecular formula is C24H20OP2Se2. The summed E-state index contributed by atoms with van der Waals surface area (Å²) in [7, 11) is 0. The first-order valence-corrected chi connectivity index (χ1v) is 17.1. The fourth-order valence-electron chi connectivity index (χ4n) is 3.15. The van der Waals surface area contributed by atoms with Gasteiger partial charge in [0.25, 0.3) is 0 Å². The first kappa shape index (κ1) is 21.0. The molecule has 0 radical (unpaired) electrons. The Morgan fingerprint density at radius 3 is 0.793 bits per heavy atom. The van der Waals surface area contributed by atoms with E-state index in [9.17, 15) is 0 Å². The van der Waals surface area contributed by atoms with Gasteiger partial charge in [0.15, 0.2) is 0 Å². The van der Waals surface area contributed by atoms with Gasteiger partial charge in [0.05, 0.1) is 0 Å². The Labute approximate surface area is 187 Å². The Kier molecular flexibility index (Phi) is 6.70. The van der Waals surface area contributed by atoms with Gasteiger partial charge in [-0.3, -0.25) is 0 Å². The van der Waals surface area contributed by atoms with Crippen molar-refractivity contribution in [3.05, 3.63) is 121 Å². The van der Waals surface area contributed by atoms with Crippen molar-refractivity contribution in [3.8, 4) is 0 Å². The molecule has 4 aromatic rings. The van der Waals surface area contributed by atoms with E-state index in [0.29, 0.717) is 0 Å². The van der Waals surface area contributed by atoms with E-state index in [2.05, 4.69) is 127 Å². The minimum atomic E-state index is -2.23. The van der Waals surface area contributed by atoms with Gasteiger partial charge in [-0.05, 0) is 0 Å². The summed E-state index contributed by atoms with van der Waals surface area (Å²) in [5, 5.41) is 4.77. The van der Waals surface area contributed by atoms with E-state index >= 15 is 0 Å². The molecule has 144 valence electrons. The third kappa shape index (κ3) is 4.44. The van der Waals surface area contributed by atoms with Gasteiger partial charge in [0.2, 0.25) is 0 Å². The van der Waals surface area contributed by atoms with Crippen molar-refractivity contribution >= 4 is 62.9 Å². The quantitative estimate of drug-likeness (QED) is 0.260. The summed E-state index contributed by atoms with van der Waals surface area (Å²) >= 11 is 7.03. The molecule has 4 rings (SSSR count). The van der Waals surface area contributed by atoms with Crippen LogP contribution >= 0.6 is 11.5 Å². The second-order valence-corrected chi connectivity index (χ2v) is 17.9. The van der Waals surface area contributed by atoms with Crippen molar-refractivity contribution < 1.29 is 4.31 Å². The van der Waals surface area contributed by atoms with Crippen molar-refractivity contribution in [2.75, 3.05) is 0 Å². The summed E-state index contributed by atoms with van der Waals surface area (Å²) in [4.78, 5) is 0. The van der Waals surface area contributed by atoms with Crippen molar-refractivity contribution in [1.29, 1.82) is 0 Å². The van der Waals surface area contributed by atoms with Gasteiger partial charge in [0.1, 0.15) is 0 Å². The van der Waals surface area contributed by atoms with Crippen molar-refractivity contribution in [2.24, 2.45) is 0 Å². The first-order chi connectivity index (χ1) is 14.1. The maximum atomic E-state index is 7.28. The van der Waals surface area contributed by atoms with Gasteiger partial charge in [-0.2, -0.15) is 0 Å². The van der Waals surface area contributed by atoms with E-state index in [1.807, 2.05) is 24.3 Å². The van der Waals surface area contributed by atoms with Gasteiger partial charge >= 0.3 is 189 Å². The van der Waals surface area contributed by atoms with Crippen LogP contribution in [0.25, 0.3) is 0 Å². The topological polar surface area (TPSA) is 9.23 Å². The fraction of sp³-hybridized carbons (Fsp3) is 0. The maximum absolute atomic E-state index is 7.28. The molecule has 0 atom stereocenters. The molecule has 0 aliphatic rings. The monoisotopic (exact) mass is 546 g/mol. The normalized spacial score (nSPS) is 11.9. The second kappa shape index (κ2) is 9.26. The van der Waals surface area contributed by atoms with Crippen LogP contribution in [0.4, 0.5) is 0 Å². The van der Waals surface area contributed by atoms with Crippen LogP contribution in [0, 0.1) is 0 Å². The van der Waals surface area contributed by atoms with E-state index in [1.165, 1.54) is 21.2 Å². The van der Waals surface area contributed by atoms with Crippen LogP contribution in [-0.4, -0.2) is 30.2 Å². The Balaban J connectivity index is 1.93. The van der Waals surface area contributed by atoms with Crippen LogP contribution in [-0.2, 0) is 4.31 Å². The summed E-state index contributed by atoms with van der Waals surface area (Å²) in [6.45, 7) is 0. The molecular weight excluding hydrogens is 524 g/mol. The standard InChI is InChI=1S/C24H20OP2Se2/c28-26(21-13-5-1-6-14-21,22-15-7-2-8-16-22)25-27(29,23-17-9-3-10-18-23)24-19-11-4-12-20-24/h1-20H. The van der Waals surface area contributed by atoms with Crippen LogP contribution in [0.3, 0.4) is 0 Å². The molecule has 0 saturated heterocycles. The molecule has 4 aromatic carbocycles. The second-order valence-electron chi connectivity index (χ2n) is 6.53. The Morgan fingerprint density at radius 1 is 0.379 bits per heavy atom. The molecule has 0 spiro atoms. The van der Waals surface area contributed by atoms with E-state index in [4.69, 9.17) is 4.31 Å². The van der Waals surface area contributed by atoms with Crippen LogP contribution in [0.5, 0.6) is 0 Å². The molecule has 0 fully saturated rings. The first-order valence-electron chi connectivity index (χ1n) is 9.27. The minimum absolute atomic E-state index is 1.19. The Hall–Kier alpha value is -1.26. The van der Waals surface area contributed by atoms with Crippen molar-refractivity contribution in [1.82, 2.24) is 0 Å². The number of hydrogen-bond donors (Lipinski definition) is 0. The van der Waals surface area contributed by atoms with Crippen molar-refractivity contribution in [3.63, 3.8) is 0 Å². The number of rotatable bonds is 6. The molecule has 0 aromatic heterocycles. The van der Waals surface area contributed by atoms with Crippen LogP contribution in [0.2, 0.25) is 0 Å². The number of benzene rings is 4. The molecule has 0 aliphatic heterocycles. The Morgan fingerprint density at radius 2 is 0.586 bits per heavy atom. The van der Waals surface area contributed by atoms with Gasteiger partial charge < -0.3 is 0 Å². The van der Waals surface area contributed by atoms with Crippen molar-refractivity contribution in [2.45, 2.75) is 0 Å². The molecule has 0 N–H and O–H groups in total. The van der Waals surface area contributed by atoms with E-state index in [-0.39, 0.29) is 0 Å².